The van der Waals surface area contributed by atoms with Crippen molar-refractivity contribution in [3.8, 4) is 22.4 Å². The molecule has 3 saturated heterocycles. The van der Waals surface area contributed by atoms with Crippen LogP contribution in [0.2, 0.25) is 0 Å². The van der Waals surface area contributed by atoms with Crippen LogP contribution in [0.4, 0.5) is 4.79 Å². The molecule has 3 aromatic carbocycles. The van der Waals surface area contributed by atoms with Gasteiger partial charge >= 0.3 is 6.09 Å². The molecule has 4 fully saturated rings. The van der Waals surface area contributed by atoms with Crippen LogP contribution in [0.5, 0.6) is 0 Å². The molecule has 4 N–H and O–H groups in total. The van der Waals surface area contributed by atoms with E-state index in [1.54, 1.807) is 0 Å². The number of hydrogen-bond acceptors (Lipinski definition) is 7. The molecule has 1 aliphatic carbocycles. The Morgan fingerprint density at radius 1 is 0.922 bits per heavy atom. The number of carbonyl (C=O) groups is 2. The number of imidazole rings is 2. The molecule has 0 spiro atoms. The highest BCUT2D eigenvalue weighted by atomic mass is 16.5. The largest absolute Gasteiger partial charge is 0.453 e. The molecule has 1 saturated carbocycles. The number of methoxy groups -OCH3 is 1. The molecule has 0 radical (unpaired) electrons. The molecule has 5 heterocycles. The number of aromatic nitrogens is 4. The van der Waals surface area contributed by atoms with Crippen LogP contribution in [-0.4, -0.2) is 75.8 Å². The number of rotatable bonds is 7. The van der Waals surface area contributed by atoms with Gasteiger partial charge in [-0.3, -0.25) is 4.79 Å². The number of alkyl carbamates (subject to hydrolysis) is 1. The van der Waals surface area contributed by atoms with Gasteiger partial charge in [-0.25, -0.2) is 14.8 Å². The quantitative estimate of drug-likeness (QED) is 0.150. The summed E-state index contributed by atoms with van der Waals surface area (Å²) in [6, 6.07) is 19.2. The summed E-state index contributed by atoms with van der Waals surface area (Å²) in [5.41, 5.74) is 6.33. The van der Waals surface area contributed by atoms with Crippen molar-refractivity contribution >= 4 is 33.8 Å². The first kappa shape index (κ1) is 32.2. The fourth-order valence-corrected chi connectivity index (χ4v) is 8.90. The van der Waals surface area contributed by atoms with Crippen LogP contribution in [-0.2, 0) is 14.3 Å². The van der Waals surface area contributed by atoms with Crippen molar-refractivity contribution in [2.45, 2.75) is 69.6 Å². The lowest BCUT2D eigenvalue weighted by molar-refractivity contribution is -0.140. The zero-order valence-corrected chi connectivity index (χ0v) is 29.2. The molecular weight excluding hydrogens is 642 g/mol. The summed E-state index contributed by atoms with van der Waals surface area (Å²) in [6.45, 7) is 4.48. The minimum absolute atomic E-state index is 0.000202. The Hall–Kier alpha value is -4.74. The van der Waals surface area contributed by atoms with Gasteiger partial charge in [0.05, 0.1) is 42.1 Å². The average Bonchev–Trinajstić information content (AvgIpc) is 3.95. The molecule has 0 bridgehead atoms. The van der Waals surface area contributed by atoms with Crippen LogP contribution >= 0.6 is 0 Å². The second-order valence-electron chi connectivity index (χ2n) is 15.1. The van der Waals surface area contributed by atoms with E-state index in [0.717, 1.165) is 101 Å². The lowest BCUT2D eigenvalue weighted by Crippen LogP contribution is -2.56. The van der Waals surface area contributed by atoms with Crippen molar-refractivity contribution in [3.05, 3.63) is 72.4 Å². The first-order valence-corrected chi connectivity index (χ1v) is 18.5. The van der Waals surface area contributed by atoms with Gasteiger partial charge in [0.25, 0.3) is 0 Å². The van der Waals surface area contributed by atoms with E-state index in [-0.39, 0.29) is 30.0 Å². The molecule has 11 heteroatoms. The lowest BCUT2D eigenvalue weighted by Gasteiger charge is -2.40. The van der Waals surface area contributed by atoms with Gasteiger partial charge in [-0.1, -0.05) is 37.3 Å². The van der Waals surface area contributed by atoms with Gasteiger partial charge in [0.15, 0.2) is 0 Å². The van der Waals surface area contributed by atoms with Crippen LogP contribution in [0, 0.1) is 17.8 Å². The Morgan fingerprint density at radius 2 is 1.69 bits per heavy atom. The maximum Gasteiger partial charge on any atom is 0.407 e. The zero-order valence-electron chi connectivity index (χ0n) is 29.2. The molecule has 1 unspecified atom stereocenters. The molecule has 2 aromatic heterocycles. The average molecular weight is 688 g/mol. The predicted octanol–water partition coefficient (Wildman–Crippen LogP) is 6.65. The van der Waals surface area contributed by atoms with Crippen molar-refractivity contribution in [3.63, 3.8) is 0 Å². The van der Waals surface area contributed by atoms with Crippen molar-refractivity contribution in [1.29, 1.82) is 0 Å². The highest BCUT2D eigenvalue weighted by Gasteiger charge is 2.52. The second-order valence-corrected chi connectivity index (χ2v) is 15.1. The van der Waals surface area contributed by atoms with Crippen LogP contribution in [0.1, 0.15) is 69.2 Å². The maximum absolute atomic E-state index is 14.3. The predicted molar refractivity (Wildman–Crippen MR) is 195 cm³/mol. The highest BCUT2D eigenvalue weighted by Crippen LogP contribution is 2.50. The minimum atomic E-state index is -0.653. The Kier molecular flexibility index (Phi) is 8.27. The van der Waals surface area contributed by atoms with E-state index in [0.29, 0.717) is 25.0 Å². The van der Waals surface area contributed by atoms with Crippen molar-refractivity contribution in [2.24, 2.45) is 17.8 Å². The topological polar surface area (TPSA) is 137 Å². The lowest BCUT2D eigenvalue weighted by atomic mass is 9.79. The summed E-state index contributed by atoms with van der Waals surface area (Å²) in [6.07, 6.45) is 6.79. The van der Waals surface area contributed by atoms with Crippen LogP contribution < -0.4 is 10.6 Å². The summed E-state index contributed by atoms with van der Waals surface area (Å²) in [5.74, 6) is 2.88. The van der Waals surface area contributed by atoms with Crippen molar-refractivity contribution in [2.75, 3.05) is 26.9 Å². The Morgan fingerprint density at radius 3 is 2.43 bits per heavy atom. The first-order valence-electron chi connectivity index (χ1n) is 18.5. The smallest absolute Gasteiger partial charge is 0.407 e. The number of fused-ring (bicyclic) bond motifs is 3. The third-order valence-corrected chi connectivity index (χ3v) is 11.9. The van der Waals surface area contributed by atoms with E-state index in [4.69, 9.17) is 19.4 Å². The normalized spacial score (nSPS) is 25.5. The Labute approximate surface area is 296 Å². The monoisotopic (exact) mass is 687 g/mol. The van der Waals surface area contributed by atoms with E-state index < -0.39 is 12.1 Å². The van der Waals surface area contributed by atoms with E-state index in [9.17, 15) is 9.59 Å². The molecule has 264 valence electrons. The number of carbonyl (C=O) groups excluding carboxylic acids is 2. The molecule has 11 nitrogen and oxygen atoms in total. The molecule has 2 amide bonds. The van der Waals surface area contributed by atoms with Gasteiger partial charge in [-0.15, -0.1) is 0 Å². The summed E-state index contributed by atoms with van der Waals surface area (Å²) in [7, 11) is 1.34. The fourth-order valence-electron chi connectivity index (χ4n) is 8.90. The fraction of sp³-hybridized carbons (Fsp3) is 0.450. The minimum Gasteiger partial charge on any atom is -0.453 e. The van der Waals surface area contributed by atoms with E-state index in [2.05, 4.69) is 82.1 Å². The number of ether oxygens (including phenoxy) is 2. The number of hydrogen-bond donors (Lipinski definition) is 4. The number of nitrogens with one attached hydrogen (secondary N) is 4. The van der Waals surface area contributed by atoms with Crippen LogP contribution in [0.15, 0.2) is 60.8 Å². The number of benzene rings is 3. The molecule has 4 aliphatic rings. The van der Waals surface area contributed by atoms with Gasteiger partial charge in [0.2, 0.25) is 5.91 Å². The Balaban J connectivity index is 0.952. The summed E-state index contributed by atoms with van der Waals surface area (Å²) in [4.78, 5) is 45.6. The standard InChI is InChI=1S/C40H45N7O4/c1-22-15-32(41-20-22)37-43-30-9-7-27(18-31(30)44-37)25-3-4-26-17-28(6-5-24(26)16-25)33-21-42-38(45-33)35-19-29-8-10-34(29)47(35)39(48)36(46-40(49)50-2)23-11-13-51-14-12-23/h3-7,9,16-18,21-23,29,32,34-36,41H,8,10-15,19-20H2,1-2H3,(H,42,45)(H,43,44)(H,46,49)/t22-,29-,32?,34-,35+,36+/m1/s1. The number of likely N-dealkylation sites (tertiary alicyclic amines) is 1. The van der Waals surface area contributed by atoms with E-state index in [1.807, 2.05) is 11.1 Å². The van der Waals surface area contributed by atoms with Gasteiger partial charge in [0.1, 0.15) is 17.7 Å². The summed E-state index contributed by atoms with van der Waals surface area (Å²) < 4.78 is 10.5. The SMILES string of the molecule is COC(=O)N[C@H](C(=O)N1[C@@H]2CC[C@@H]2C[C@H]1c1ncc(-c2ccc3cc(-c4ccc5nc(C6C[C@@H](C)CN6)[nH]c5c4)ccc3c2)[nH]1)C1CCOCC1. The third-order valence-electron chi connectivity index (χ3n) is 11.9. The molecule has 9 rings (SSSR count). The van der Waals surface area contributed by atoms with Crippen LogP contribution in [0.3, 0.4) is 0 Å². The van der Waals surface area contributed by atoms with Gasteiger partial charge in [-0.05, 0) is 109 Å². The summed E-state index contributed by atoms with van der Waals surface area (Å²) >= 11 is 0. The van der Waals surface area contributed by atoms with Gasteiger partial charge in [-0.2, -0.15) is 0 Å². The van der Waals surface area contributed by atoms with E-state index in [1.165, 1.54) is 7.11 Å². The number of amides is 2. The van der Waals surface area contributed by atoms with Gasteiger partial charge in [0, 0.05) is 24.8 Å². The number of aromatic amines is 2. The Bertz CT molecular complexity index is 2100. The van der Waals surface area contributed by atoms with Gasteiger partial charge < -0.3 is 35.0 Å². The first-order chi connectivity index (χ1) is 24.9. The second kappa shape index (κ2) is 13.1. The number of nitrogens with zero attached hydrogens (tertiary/aromatic N) is 3. The molecular formula is C40H45N7O4. The highest BCUT2D eigenvalue weighted by molar-refractivity contribution is 5.92. The van der Waals surface area contributed by atoms with E-state index >= 15 is 0 Å². The molecule has 5 aromatic rings. The van der Waals surface area contributed by atoms with Crippen LogP contribution in [0.25, 0.3) is 44.2 Å². The number of H-pyrrole nitrogens is 2. The molecule has 3 aliphatic heterocycles. The summed E-state index contributed by atoms with van der Waals surface area (Å²) in [5, 5.41) is 8.76. The van der Waals surface area contributed by atoms with Crippen molar-refractivity contribution in [1.82, 2.24) is 35.5 Å². The van der Waals surface area contributed by atoms with Crippen molar-refractivity contribution < 1.29 is 19.1 Å². The maximum atomic E-state index is 14.3. The molecule has 6 atom stereocenters. The molecule has 51 heavy (non-hydrogen) atoms. The third kappa shape index (κ3) is 5.96. The zero-order chi connectivity index (χ0) is 34.6.